The van der Waals surface area contributed by atoms with Gasteiger partial charge < -0.3 is 19.4 Å². The number of hydrogen-bond donors (Lipinski definition) is 1. The number of methoxy groups -OCH3 is 1. The SMILES string of the molecule is COCCNc1nc(C2CN(Cc3ccn(C)n3)CCO2)nc2c1ncn2CC(F)(F)F. The molecule has 174 valence electrons. The van der Waals surface area contributed by atoms with E-state index < -0.39 is 18.8 Å². The second-order valence-corrected chi connectivity index (χ2v) is 7.59. The van der Waals surface area contributed by atoms with Crippen molar-refractivity contribution in [2.24, 2.45) is 7.05 Å². The monoisotopic (exact) mass is 454 g/mol. The van der Waals surface area contributed by atoms with Gasteiger partial charge in [-0.1, -0.05) is 0 Å². The summed E-state index contributed by atoms with van der Waals surface area (Å²) in [6.07, 6.45) is -1.88. The van der Waals surface area contributed by atoms with Gasteiger partial charge in [0.1, 0.15) is 18.2 Å². The van der Waals surface area contributed by atoms with Crippen molar-refractivity contribution in [3.05, 3.63) is 30.1 Å². The van der Waals surface area contributed by atoms with Crippen LogP contribution in [0.5, 0.6) is 0 Å². The topological polar surface area (TPSA) is 95.2 Å². The van der Waals surface area contributed by atoms with E-state index in [0.717, 1.165) is 16.6 Å². The first-order valence-corrected chi connectivity index (χ1v) is 10.2. The van der Waals surface area contributed by atoms with E-state index in [0.29, 0.717) is 51.0 Å². The molecule has 1 aliphatic rings. The zero-order valence-corrected chi connectivity index (χ0v) is 17.8. The van der Waals surface area contributed by atoms with Crippen molar-refractivity contribution in [3.63, 3.8) is 0 Å². The molecule has 3 aromatic rings. The zero-order valence-electron chi connectivity index (χ0n) is 17.8. The molecule has 1 atom stereocenters. The second kappa shape index (κ2) is 9.38. The van der Waals surface area contributed by atoms with E-state index in [4.69, 9.17) is 9.47 Å². The molecule has 32 heavy (non-hydrogen) atoms. The summed E-state index contributed by atoms with van der Waals surface area (Å²) < 4.78 is 52.8. The number of ether oxygens (including phenoxy) is 2. The summed E-state index contributed by atoms with van der Waals surface area (Å²) in [5.74, 6) is 0.667. The molecule has 1 N–H and O–H groups in total. The summed E-state index contributed by atoms with van der Waals surface area (Å²) >= 11 is 0. The van der Waals surface area contributed by atoms with Gasteiger partial charge in [-0.15, -0.1) is 0 Å². The average molecular weight is 454 g/mol. The minimum absolute atomic E-state index is 0.109. The zero-order chi connectivity index (χ0) is 22.7. The van der Waals surface area contributed by atoms with Crippen molar-refractivity contribution in [3.8, 4) is 0 Å². The molecular formula is C19H25F3N8O2. The van der Waals surface area contributed by atoms with Crippen LogP contribution in [-0.4, -0.2) is 80.3 Å². The average Bonchev–Trinajstić information content (AvgIpc) is 3.33. The molecule has 4 heterocycles. The molecule has 0 bridgehead atoms. The van der Waals surface area contributed by atoms with Crippen molar-refractivity contribution in [2.75, 3.05) is 45.3 Å². The molecule has 0 aliphatic carbocycles. The number of hydrogen-bond acceptors (Lipinski definition) is 8. The highest BCUT2D eigenvalue weighted by atomic mass is 19.4. The van der Waals surface area contributed by atoms with E-state index in [2.05, 4.69) is 30.3 Å². The first kappa shape index (κ1) is 22.4. The van der Waals surface area contributed by atoms with E-state index in [9.17, 15) is 13.2 Å². The van der Waals surface area contributed by atoms with Crippen molar-refractivity contribution in [1.29, 1.82) is 0 Å². The van der Waals surface area contributed by atoms with Crippen LogP contribution >= 0.6 is 0 Å². The normalized spacial score (nSPS) is 17.8. The number of aryl methyl sites for hydroxylation is 1. The number of anilines is 1. The summed E-state index contributed by atoms with van der Waals surface area (Å²) in [6, 6.07) is 1.94. The summed E-state index contributed by atoms with van der Waals surface area (Å²) in [7, 11) is 3.42. The first-order valence-electron chi connectivity index (χ1n) is 10.2. The molecule has 13 heteroatoms. The molecule has 1 saturated heterocycles. The van der Waals surface area contributed by atoms with Gasteiger partial charge in [-0.25, -0.2) is 15.0 Å². The highest BCUT2D eigenvalue weighted by Gasteiger charge is 2.31. The predicted octanol–water partition coefficient (Wildman–Crippen LogP) is 1.75. The van der Waals surface area contributed by atoms with Crippen LogP contribution < -0.4 is 5.32 Å². The number of morpholine rings is 1. The molecule has 1 unspecified atom stereocenters. The van der Waals surface area contributed by atoms with Crippen LogP contribution in [0.4, 0.5) is 19.0 Å². The quantitative estimate of drug-likeness (QED) is 0.515. The summed E-state index contributed by atoms with van der Waals surface area (Å²) in [5, 5.41) is 7.48. The maximum absolute atomic E-state index is 13.0. The Balaban J connectivity index is 1.61. The van der Waals surface area contributed by atoms with Gasteiger partial charge in [0.05, 0.1) is 25.2 Å². The third kappa shape index (κ3) is 5.34. The highest BCUT2D eigenvalue weighted by molar-refractivity contribution is 5.83. The number of nitrogens with one attached hydrogen (secondary N) is 1. The van der Waals surface area contributed by atoms with E-state index in [1.54, 1.807) is 11.8 Å². The molecular weight excluding hydrogens is 429 g/mol. The van der Waals surface area contributed by atoms with Gasteiger partial charge in [0, 0.05) is 46.5 Å². The lowest BCUT2D eigenvalue weighted by molar-refractivity contribution is -0.140. The smallest absolute Gasteiger partial charge is 0.383 e. The predicted molar refractivity (Wildman–Crippen MR) is 109 cm³/mol. The van der Waals surface area contributed by atoms with Gasteiger partial charge >= 0.3 is 6.18 Å². The first-order chi connectivity index (χ1) is 15.3. The Hall–Kier alpha value is -2.77. The number of imidazole rings is 1. The van der Waals surface area contributed by atoms with Crippen molar-refractivity contribution < 1.29 is 22.6 Å². The molecule has 0 radical (unpaired) electrons. The van der Waals surface area contributed by atoms with Gasteiger partial charge in [-0.05, 0) is 6.07 Å². The fourth-order valence-corrected chi connectivity index (χ4v) is 3.59. The number of aromatic nitrogens is 6. The van der Waals surface area contributed by atoms with Crippen molar-refractivity contribution in [1.82, 2.24) is 34.2 Å². The van der Waals surface area contributed by atoms with E-state index >= 15 is 0 Å². The maximum Gasteiger partial charge on any atom is 0.406 e. The number of fused-ring (bicyclic) bond motifs is 1. The summed E-state index contributed by atoms with van der Waals surface area (Å²) in [4.78, 5) is 15.2. The van der Waals surface area contributed by atoms with Gasteiger partial charge in [0.15, 0.2) is 17.3 Å². The van der Waals surface area contributed by atoms with Gasteiger partial charge in [-0.3, -0.25) is 9.58 Å². The van der Waals surface area contributed by atoms with Crippen molar-refractivity contribution >= 4 is 17.0 Å². The second-order valence-electron chi connectivity index (χ2n) is 7.59. The van der Waals surface area contributed by atoms with Crippen LogP contribution in [0.1, 0.15) is 17.6 Å². The lowest BCUT2D eigenvalue weighted by atomic mass is 10.2. The minimum atomic E-state index is -4.40. The Bertz CT molecular complexity index is 1050. The van der Waals surface area contributed by atoms with E-state index in [1.807, 2.05) is 19.3 Å². The maximum atomic E-state index is 13.0. The summed E-state index contributed by atoms with van der Waals surface area (Å²) in [5.41, 5.74) is 1.31. The van der Waals surface area contributed by atoms with Crippen LogP contribution in [0, 0.1) is 0 Å². The van der Waals surface area contributed by atoms with E-state index in [1.165, 1.54) is 0 Å². The summed E-state index contributed by atoms with van der Waals surface area (Å²) in [6.45, 7) is 1.93. The largest absolute Gasteiger partial charge is 0.406 e. The van der Waals surface area contributed by atoms with Crippen LogP contribution in [0.25, 0.3) is 11.2 Å². The minimum Gasteiger partial charge on any atom is -0.383 e. The molecule has 0 aromatic carbocycles. The molecule has 1 fully saturated rings. The van der Waals surface area contributed by atoms with E-state index in [-0.39, 0.29) is 11.2 Å². The Morgan fingerprint density at radius 1 is 1.31 bits per heavy atom. The number of alkyl halides is 3. The lowest BCUT2D eigenvalue weighted by Crippen LogP contribution is -2.38. The number of halogens is 3. The Morgan fingerprint density at radius 2 is 2.16 bits per heavy atom. The van der Waals surface area contributed by atoms with Crippen LogP contribution in [0.2, 0.25) is 0 Å². The molecule has 4 rings (SSSR count). The molecule has 3 aromatic heterocycles. The standard InChI is InChI=1S/C19H25F3N8O2/c1-28-5-3-13(27-28)9-29-6-8-32-14(10-29)16-25-17(23-4-7-31-2)15-18(26-16)30(12-24-15)11-19(20,21)22/h3,5,12,14H,4,6-11H2,1-2H3,(H,23,25,26). The Morgan fingerprint density at radius 3 is 2.88 bits per heavy atom. The van der Waals surface area contributed by atoms with Crippen LogP contribution in [0.15, 0.2) is 18.6 Å². The highest BCUT2D eigenvalue weighted by Crippen LogP contribution is 2.27. The molecule has 1 aliphatic heterocycles. The van der Waals surface area contributed by atoms with Gasteiger partial charge in [-0.2, -0.15) is 18.3 Å². The lowest BCUT2D eigenvalue weighted by Gasteiger charge is -2.31. The van der Waals surface area contributed by atoms with Crippen molar-refractivity contribution in [2.45, 2.75) is 25.4 Å². The molecule has 0 amide bonds. The van der Waals surface area contributed by atoms with Gasteiger partial charge in [0.2, 0.25) is 0 Å². The third-order valence-electron chi connectivity index (χ3n) is 5.02. The fourth-order valence-electron chi connectivity index (χ4n) is 3.59. The molecule has 10 nitrogen and oxygen atoms in total. The molecule has 0 saturated carbocycles. The number of nitrogens with zero attached hydrogens (tertiary/aromatic N) is 7. The number of rotatable bonds is 8. The Kier molecular flexibility index (Phi) is 6.58. The molecule has 0 spiro atoms. The Labute approximate surface area is 182 Å². The van der Waals surface area contributed by atoms with Crippen LogP contribution in [0.3, 0.4) is 0 Å². The van der Waals surface area contributed by atoms with Gasteiger partial charge in [0.25, 0.3) is 0 Å². The van der Waals surface area contributed by atoms with Crippen LogP contribution in [-0.2, 0) is 29.6 Å². The fraction of sp³-hybridized carbons (Fsp3) is 0.579. The third-order valence-corrected chi connectivity index (χ3v) is 5.02.